The molecule has 1 heterocycles. The lowest BCUT2D eigenvalue weighted by molar-refractivity contribution is 0.0523. The molecular weight excluding hydrogens is 220 g/mol. The van der Waals surface area contributed by atoms with Crippen LogP contribution in [0.4, 0.5) is 0 Å². The third-order valence-electron chi connectivity index (χ3n) is 2.60. The Bertz CT molecular complexity index is 416. The zero-order chi connectivity index (χ0) is 12.3. The number of aromatic nitrogens is 2. The van der Waals surface area contributed by atoms with E-state index in [1.54, 1.807) is 20.2 Å². The van der Waals surface area contributed by atoms with E-state index in [2.05, 4.69) is 9.97 Å². The van der Waals surface area contributed by atoms with Gasteiger partial charge in [0, 0.05) is 19.2 Å². The van der Waals surface area contributed by atoms with Crippen LogP contribution >= 0.6 is 0 Å². The fourth-order valence-corrected chi connectivity index (χ4v) is 1.67. The highest BCUT2D eigenvalue weighted by atomic mass is 16.5. The Morgan fingerprint density at radius 2 is 2.29 bits per heavy atom. The summed E-state index contributed by atoms with van der Waals surface area (Å²) in [5.41, 5.74) is 1.31. The topological polar surface area (TPSA) is 61.3 Å². The molecule has 1 aliphatic carbocycles. The first-order valence-corrected chi connectivity index (χ1v) is 5.78. The van der Waals surface area contributed by atoms with Gasteiger partial charge in [-0.05, 0) is 19.8 Å². The summed E-state index contributed by atoms with van der Waals surface area (Å²) < 4.78 is 9.99. The number of methoxy groups -OCH3 is 1. The molecule has 0 aliphatic heterocycles. The predicted octanol–water partition coefficient (Wildman–Crippen LogP) is 1.68. The highest BCUT2D eigenvalue weighted by molar-refractivity contribution is 5.90. The van der Waals surface area contributed by atoms with Crippen molar-refractivity contribution in [1.29, 1.82) is 0 Å². The highest BCUT2D eigenvalue weighted by Gasteiger charge is 2.30. The van der Waals surface area contributed by atoms with Crippen molar-refractivity contribution in [3.8, 4) is 0 Å². The summed E-state index contributed by atoms with van der Waals surface area (Å²) >= 11 is 0. The molecule has 0 unspecified atom stereocenters. The second kappa shape index (κ2) is 5.23. The van der Waals surface area contributed by atoms with Gasteiger partial charge in [-0.25, -0.2) is 14.8 Å². The quantitative estimate of drug-likeness (QED) is 0.728. The fourth-order valence-electron chi connectivity index (χ4n) is 1.67. The van der Waals surface area contributed by atoms with Gasteiger partial charge in [-0.15, -0.1) is 0 Å². The SMILES string of the molecule is CCOC(=O)c1cnc(COC)nc1C1CC1. The summed E-state index contributed by atoms with van der Waals surface area (Å²) in [6.07, 6.45) is 3.71. The van der Waals surface area contributed by atoms with Crippen LogP contribution < -0.4 is 0 Å². The average Bonchev–Trinajstić information content (AvgIpc) is 3.13. The second-order valence-electron chi connectivity index (χ2n) is 4.01. The number of hydrogen-bond acceptors (Lipinski definition) is 5. The lowest BCUT2D eigenvalue weighted by atomic mass is 10.1. The normalized spacial score (nSPS) is 14.7. The van der Waals surface area contributed by atoms with E-state index in [9.17, 15) is 4.79 Å². The van der Waals surface area contributed by atoms with E-state index in [0.29, 0.717) is 30.5 Å². The molecule has 0 atom stereocenters. The van der Waals surface area contributed by atoms with Crippen LogP contribution in [0.25, 0.3) is 0 Å². The van der Waals surface area contributed by atoms with Crippen LogP contribution in [0.2, 0.25) is 0 Å². The van der Waals surface area contributed by atoms with E-state index in [-0.39, 0.29) is 5.97 Å². The molecule has 1 aromatic rings. The van der Waals surface area contributed by atoms with Crippen molar-refractivity contribution in [1.82, 2.24) is 9.97 Å². The molecule has 0 amide bonds. The zero-order valence-electron chi connectivity index (χ0n) is 10.1. The summed E-state index contributed by atoms with van der Waals surface area (Å²) in [6, 6.07) is 0. The molecule has 0 bridgehead atoms. The summed E-state index contributed by atoms with van der Waals surface area (Å²) in [5, 5.41) is 0. The van der Waals surface area contributed by atoms with Crippen LogP contribution in [0, 0.1) is 0 Å². The van der Waals surface area contributed by atoms with Crippen molar-refractivity contribution in [2.24, 2.45) is 0 Å². The van der Waals surface area contributed by atoms with Gasteiger partial charge in [0.1, 0.15) is 6.61 Å². The number of esters is 1. The Morgan fingerprint density at radius 3 is 2.88 bits per heavy atom. The van der Waals surface area contributed by atoms with Crippen molar-refractivity contribution in [2.45, 2.75) is 32.3 Å². The maximum Gasteiger partial charge on any atom is 0.341 e. The van der Waals surface area contributed by atoms with E-state index in [0.717, 1.165) is 18.5 Å². The minimum Gasteiger partial charge on any atom is -0.462 e. The molecule has 1 fully saturated rings. The number of nitrogens with zero attached hydrogens (tertiary/aromatic N) is 2. The highest BCUT2D eigenvalue weighted by Crippen LogP contribution is 2.40. The number of carbonyl (C=O) groups is 1. The Hall–Kier alpha value is -1.49. The van der Waals surface area contributed by atoms with Crippen LogP contribution in [0.5, 0.6) is 0 Å². The first-order chi connectivity index (χ1) is 8.26. The Kier molecular flexibility index (Phi) is 3.68. The minimum absolute atomic E-state index is 0.335. The summed E-state index contributed by atoms with van der Waals surface area (Å²) in [7, 11) is 1.60. The van der Waals surface area contributed by atoms with Gasteiger partial charge >= 0.3 is 5.97 Å². The number of rotatable bonds is 5. The second-order valence-corrected chi connectivity index (χ2v) is 4.01. The lowest BCUT2D eigenvalue weighted by Crippen LogP contribution is -2.12. The Morgan fingerprint density at radius 1 is 1.53 bits per heavy atom. The van der Waals surface area contributed by atoms with Gasteiger partial charge in [-0.1, -0.05) is 0 Å². The number of hydrogen-bond donors (Lipinski definition) is 0. The van der Waals surface area contributed by atoms with E-state index >= 15 is 0 Å². The van der Waals surface area contributed by atoms with Gasteiger partial charge < -0.3 is 9.47 Å². The van der Waals surface area contributed by atoms with E-state index in [1.807, 2.05) is 0 Å². The molecule has 1 aromatic heterocycles. The van der Waals surface area contributed by atoms with E-state index < -0.39 is 0 Å². The third kappa shape index (κ3) is 2.79. The van der Waals surface area contributed by atoms with Gasteiger partial charge in [0.05, 0.1) is 17.9 Å². The van der Waals surface area contributed by atoms with Crippen LogP contribution in [-0.2, 0) is 16.1 Å². The summed E-state index contributed by atoms with van der Waals surface area (Å²) in [4.78, 5) is 20.2. The van der Waals surface area contributed by atoms with Gasteiger partial charge in [0.25, 0.3) is 0 Å². The van der Waals surface area contributed by atoms with Gasteiger partial charge in [0.2, 0.25) is 0 Å². The van der Waals surface area contributed by atoms with Gasteiger partial charge in [0.15, 0.2) is 5.82 Å². The smallest absolute Gasteiger partial charge is 0.341 e. The largest absolute Gasteiger partial charge is 0.462 e. The summed E-state index contributed by atoms with van der Waals surface area (Å²) in [5.74, 6) is 0.661. The minimum atomic E-state index is -0.335. The maximum absolute atomic E-state index is 11.7. The molecule has 92 valence electrons. The monoisotopic (exact) mass is 236 g/mol. The zero-order valence-corrected chi connectivity index (χ0v) is 10.1. The van der Waals surface area contributed by atoms with Crippen molar-refractivity contribution < 1.29 is 14.3 Å². The molecule has 1 aliphatic rings. The Labute approximate surface area is 100 Å². The van der Waals surface area contributed by atoms with Crippen molar-refractivity contribution in [3.63, 3.8) is 0 Å². The number of carbonyl (C=O) groups excluding carboxylic acids is 1. The van der Waals surface area contributed by atoms with Crippen LogP contribution in [-0.4, -0.2) is 29.7 Å². The molecule has 0 spiro atoms. The fraction of sp³-hybridized carbons (Fsp3) is 0.583. The predicted molar refractivity (Wildman–Crippen MR) is 60.7 cm³/mol. The number of ether oxygens (including phenoxy) is 2. The van der Waals surface area contributed by atoms with Gasteiger partial charge in [-0.2, -0.15) is 0 Å². The molecule has 2 rings (SSSR count). The maximum atomic E-state index is 11.7. The van der Waals surface area contributed by atoms with Gasteiger partial charge in [-0.3, -0.25) is 0 Å². The molecule has 0 saturated heterocycles. The first-order valence-electron chi connectivity index (χ1n) is 5.78. The van der Waals surface area contributed by atoms with E-state index in [4.69, 9.17) is 9.47 Å². The van der Waals surface area contributed by atoms with Crippen molar-refractivity contribution >= 4 is 5.97 Å². The molecule has 0 aromatic carbocycles. The Balaban J connectivity index is 2.27. The molecule has 5 heteroatoms. The van der Waals surface area contributed by atoms with Crippen LogP contribution in [0.1, 0.15) is 47.6 Å². The molecule has 17 heavy (non-hydrogen) atoms. The molecule has 1 saturated carbocycles. The standard InChI is InChI=1S/C12H16N2O3/c1-3-17-12(15)9-6-13-10(7-16-2)14-11(9)8-4-5-8/h6,8H,3-5,7H2,1-2H3. The van der Waals surface area contributed by atoms with Crippen molar-refractivity contribution in [2.75, 3.05) is 13.7 Å². The average molecular weight is 236 g/mol. The molecule has 5 nitrogen and oxygen atoms in total. The first kappa shape index (κ1) is 12.0. The summed E-state index contributed by atoms with van der Waals surface area (Å²) in [6.45, 7) is 2.51. The molecule has 0 N–H and O–H groups in total. The lowest BCUT2D eigenvalue weighted by Gasteiger charge is -2.08. The van der Waals surface area contributed by atoms with Crippen LogP contribution in [0.15, 0.2) is 6.20 Å². The molecular formula is C12H16N2O3. The van der Waals surface area contributed by atoms with E-state index in [1.165, 1.54) is 0 Å². The molecule has 0 radical (unpaired) electrons. The van der Waals surface area contributed by atoms with Crippen LogP contribution in [0.3, 0.4) is 0 Å². The third-order valence-corrected chi connectivity index (χ3v) is 2.60. The van der Waals surface area contributed by atoms with Crippen molar-refractivity contribution in [3.05, 3.63) is 23.3 Å².